The van der Waals surface area contributed by atoms with Gasteiger partial charge in [0.05, 0.1) is 11.7 Å². The fraction of sp³-hybridized carbons (Fsp3) is 0.0833. The third-order valence-corrected chi connectivity index (χ3v) is 2.62. The molecule has 0 aliphatic heterocycles. The van der Waals surface area contributed by atoms with Crippen LogP contribution in [0, 0.1) is 6.92 Å². The molecule has 0 aliphatic carbocycles. The minimum Gasteiger partial charge on any atom is -0.384 e. The number of hydrogen-bond acceptors (Lipinski definition) is 4. The highest BCUT2D eigenvalue weighted by Crippen LogP contribution is 2.18. The molecular weight excluding hydrogens is 214 g/mol. The molecule has 0 saturated carbocycles. The second-order valence-electron chi connectivity index (χ2n) is 3.92. The average molecular weight is 225 g/mol. The van der Waals surface area contributed by atoms with Crippen molar-refractivity contribution in [1.29, 1.82) is 0 Å². The molecule has 5 nitrogen and oxygen atoms in total. The van der Waals surface area contributed by atoms with Gasteiger partial charge >= 0.3 is 0 Å². The number of aryl methyl sites for hydroxylation is 1. The van der Waals surface area contributed by atoms with Crippen LogP contribution in [-0.2, 0) is 0 Å². The molecule has 2 N–H and O–H groups in total. The topological polar surface area (TPSA) is 69.6 Å². The van der Waals surface area contributed by atoms with Crippen molar-refractivity contribution >= 4 is 16.7 Å². The largest absolute Gasteiger partial charge is 0.384 e. The van der Waals surface area contributed by atoms with Crippen LogP contribution in [0.1, 0.15) is 5.56 Å². The lowest BCUT2D eigenvalue weighted by Crippen LogP contribution is -2.01. The van der Waals surface area contributed by atoms with Crippen LogP contribution in [0.15, 0.2) is 36.8 Å². The first kappa shape index (κ1) is 9.77. The van der Waals surface area contributed by atoms with E-state index in [4.69, 9.17) is 5.73 Å². The molecule has 84 valence electrons. The highest BCUT2D eigenvalue weighted by molar-refractivity contribution is 5.80. The molecule has 0 amide bonds. The summed E-state index contributed by atoms with van der Waals surface area (Å²) in [6.45, 7) is 2.05. The van der Waals surface area contributed by atoms with Gasteiger partial charge in [-0.1, -0.05) is 12.1 Å². The molecule has 0 spiro atoms. The molecule has 0 radical (unpaired) electrons. The van der Waals surface area contributed by atoms with Crippen LogP contribution in [0.4, 0.5) is 5.82 Å². The number of nitrogens with two attached hydrogens (primary N) is 1. The Labute approximate surface area is 97.9 Å². The molecule has 0 fully saturated rings. The summed E-state index contributed by atoms with van der Waals surface area (Å²) in [7, 11) is 0. The van der Waals surface area contributed by atoms with Crippen LogP contribution in [0.5, 0.6) is 0 Å². The van der Waals surface area contributed by atoms with Gasteiger partial charge in [-0.15, -0.1) is 0 Å². The highest BCUT2D eigenvalue weighted by atomic mass is 15.3. The third-order valence-electron chi connectivity index (χ3n) is 2.62. The second kappa shape index (κ2) is 3.55. The Balaban J connectivity index is 2.27. The molecule has 0 saturated heterocycles. The summed E-state index contributed by atoms with van der Waals surface area (Å²) in [6.07, 6.45) is 3.25. The molecule has 0 atom stereocenters. The standard InChI is InChI=1S/C12H11N5/c1-8-2-3-9-6-16-17(10(9)4-8)12-5-11(13)14-7-15-12/h2-7H,1H3,(H2,13,14,15). The summed E-state index contributed by atoms with van der Waals surface area (Å²) in [4.78, 5) is 8.04. The maximum absolute atomic E-state index is 5.65. The Kier molecular flexibility index (Phi) is 2.04. The van der Waals surface area contributed by atoms with E-state index in [0.717, 1.165) is 10.9 Å². The van der Waals surface area contributed by atoms with Gasteiger partial charge in [-0.3, -0.25) is 0 Å². The summed E-state index contributed by atoms with van der Waals surface area (Å²) >= 11 is 0. The zero-order valence-corrected chi connectivity index (χ0v) is 9.33. The summed E-state index contributed by atoms with van der Waals surface area (Å²) in [6, 6.07) is 7.87. The first-order chi connectivity index (χ1) is 8.24. The highest BCUT2D eigenvalue weighted by Gasteiger charge is 2.06. The predicted molar refractivity (Wildman–Crippen MR) is 65.8 cm³/mol. The summed E-state index contributed by atoms with van der Waals surface area (Å²) in [5.74, 6) is 1.12. The van der Waals surface area contributed by atoms with E-state index in [2.05, 4.69) is 27.2 Å². The maximum Gasteiger partial charge on any atom is 0.159 e. The van der Waals surface area contributed by atoms with Gasteiger partial charge in [0.2, 0.25) is 0 Å². The first-order valence-electron chi connectivity index (χ1n) is 5.26. The van der Waals surface area contributed by atoms with Crippen molar-refractivity contribution in [2.75, 3.05) is 5.73 Å². The van der Waals surface area contributed by atoms with Gasteiger partial charge in [0.1, 0.15) is 12.1 Å². The van der Waals surface area contributed by atoms with Crippen LogP contribution in [0.2, 0.25) is 0 Å². The number of hydrogen-bond donors (Lipinski definition) is 1. The molecule has 1 aromatic carbocycles. The number of anilines is 1. The van der Waals surface area contributed by atoms with Crippen LogP contribution in [-0.4, -0.2) is 19.7 Å². The second-order valence-corrected chi connectivity index (χ2v) is 3.92. The molecular formula is C12H11N5. The Bertz CT molecular complexity index is 686. The fourth-order valence-electron chi connectivity index (χ4n) is 1.79. The van der Waals surface area contributed by atoms with Crippen LogP contribution in [0.25, 0.3) is 16.7 Å². The lowest BCUT2D eigenvalue weighted by atomic mass is 10.2. The van der Waals surface area contributed by atoms with Crippen molar-refractivity contribution in [2.24, 2.45) is 0 Å². The molecule has 5 heteroatoms. The van der Waals surface area contributed by atoms with Crippen molar-refractivity contribution in [3.8, 4) is 5.82 Å². The smallest absolute Gasteiger partial charge is 0.159 e. The van der Waals surface area contributed by atoms with E-state index >= 15 is 0 Å². The lowest BCUT2D eigenvalue weighted by molar-refractivity contribution is 0.867. The Morgan fingerprint density at radius 2 is 2.06 bits per heavy atom. The van der Waals surface area contributed by atoms with E-state index in [1.165, 1.54) is 11.9 Å². The van der Waals surface area contributed by atoms with Crippen molar-refractivity contribution in [1.82, 2.24) is 19.7 Å². The third kappa shape index (κ3) is 1.61. The van der Waals surface area contributed by atoms with E-state index in [0.29, 0.717) is 11.6 Å². The minimum atomic E-state index is 0.436. The van der Waals surface area contributed by atoms with Crippen molar-refractivity contribution in [3.63, 3.8) is 0 Å². The van der Waals surface area contributed by atoms with E-state index < -0.39 is 0 Å². The van der Waals surface area contributed by atoms with Crippen molar-refractivity contribution < 1.29 is 0 Å². The number of rotatable bonds is 1. The quantitative estimate of drug-likeness (QED) is 0.684. The minimum absolute atomic E-state index is 0.436. The lowest BCUT2D eigenvalue weighted by Gasteiger charge is -2.03. The number of nitrogen functional groups attached to an aromatic ring is 1. The average Bonchev–Trinajstić information content (AvgIpc) is 2.71. The molecule has 2 heterocycles. The van der Waals surface area contributed by atoms with E-state index in [1.807, 2.05) is 19.2 Å². The molecule has 3 aromatic rings. The van der Waals surface area contributed by atoms with E-state index in [9.17, 15) is 0 Å². The van der Waals surface area contributed by atoms with Crippen molar-refractivity contribution in [2.45, 2.75) is 6.92 Å². The van der Waals surface area contributed by atoms with Crippen LogP contribution < -0.4 is 5.73 Å². The number of fused-ring (bicyclic) bond motifs is 1. The van der Waals surface area contributed by atoms with Gasteiger partial charge in [0.25, 0.3) is 0 Å². The normalized spacial score (nSPS) is 10.9. The van der Waals surface area contributed by atoms with Gasteiger partial charge in [-0.2, -0.15) is 5.10 Å². The van der Waals surface area contributed by atoms with Gasteiger partial charge in [-0.25, -0.2) is 14.6 Å². The molecule has 3 rings (SSSR count). The Hall–Kier alpha value is -2.43. The predicted octanol–water partition coefficient (Wildman–Crippen LogP) is 1.71. The van der Waals surface area contributed by atoms with Gasteiger partial charge in [-0.05, 0) is 18.6 Å². The van der Waals surface area contributed by atoms with Crippen molar-refractivity contribution in [3.05, 3.63) is 42.4 Å². The first-order valence-corrected chi connectivity index (χ1v) is 5.26. The van der Waals surface area contributed by atoms with E-state index in [-0.39, 0.29) is 0 Å². The van der Waals surface area contributed by atoms with Crippen LogP contribution in [0.3, 0.4) is 0 Å². The summed E-state index contributed by atoms with van der Waals surface area (Å²) in [5.41, 5.74) is 7.84. The monoisotopic (exact) mass is 225 g/mol. The molecule has 17 heavy (non-hydrogen) atoms. The SMILES string of the molecule is Cc1ccc2cnn(-c3cc(N)ncn3)c2c1. The summed E-state index contributed by atoms with van der Waals surface area (Å²) in [5, 5.41) is 5.40. The Morgan fingerprint density at radius 3 is 2.88 bits per heavy atom. The number of aromatic nitrogens is 4. The zero-order chi connectivity index (χ0) is 11.8. The zero-order valence-electron chi connectivity index (χ0n) is 9.33. The molecule has 0 bridgehead atoms. The maximum atomic E-state index is 5.65. The fourth-order valence-corrected chi connectivity index (χ4v) is 1.79. The number of nitrogens with zero attached hydrogens (tertiary/aromatic N) is 4. The molecule has 0 unspecified atom stereocenters. The van der Waals surface area contributed by atoms with Gasteiger partial charge in [0.15, 0.2) is 5.82 Å². The Morgan fingerprint density at radius 1 is 1.18 bits per heavy atom. The van der Waals surface area contributed by atoms with E-state index in [1.54, 1.807) is 10.7 Å². The van der Waals surface area contributed by atoms with Gasteiger partial charge in [0, 0.05) is 11.5 Å². The number of benzene rings is 1. The van der Waals surface area contributed by atoms with Crippen LogP contribution >= 0.6 is 0 Å². The molecule has 2 aromatic heterocycles. The molecule has 0 aliphatic rings. The summed E-state index contributed by atoms with van der Waals surface area (Å²) < 4.78 is 1.76. The van der Waals surface area contributed by atoms with Gasteiger partial charge < -0.3 is 5.73 Å².